The molecule has 27 heavy (non-hydrogen) atoms. The van der Waals surface area contributed by atoms with Gasteiger partial charge in [0, 0.05) is 13.0 Å². The van der Waals surface area contributed by atoms with Gasteiger partial charge in [0.05, 0.1) is 18.3 Å². The Hall–Kier alpha value is 0.0138. The SMILES string of the molecule is C=CC[C@@H]1C[C@@H]2O[Si](C(C)C)(C(C)C)O[Si](C(C)C)(C(C)C)OCC[C@H]2O1. The number of rotatable bonds is 6. The average molecular weight is 415 g/mol. The Bertz CT molecular complexity index is 477. The van der Waals surface area contributed by atoms with Crippen LogP contribution in [0.5, 0.6) is 0 Å². The summed E-state index contributed by atoms with van der Waals surface area (Å²) < 4.78 is 27.4. The van der Waals surface area contributed by atoms with Crippen LogP contribution in [0, 0.1) is 0 Å². The van der Waals surface area contributed by atoms with Crippen LogP contribution in [-0.4, -0.2) is 42.0 Å². The summed E-state index contributed by atoms with van der Waals surface area (Å²) in [5.41, 5.74) is 1.50. The first kappa shape index (κ1) is 23.3. The van der Waals surface area contributed by atoms with E-state index in [0.717, 1.165) is 19.3 Å². The molecular formula is C21H42O4Si2. The van der Waals surface area contributed by atoms with E-state index in [1.165, 1.54) is 0 Å². The highest BCUT2D eigenvalue weighted by Gasteiger charge is 2.58. The van der Waals surface area contributed by atoms with E-state index < -0.39 is 17.1 Å². The molecular weight excluding hydrogens is 372 g/mol. The molecule has 3 atom stereocenters. The Morgan fingerprint density at radius 3 is 1.93 bits per heavy atom. The number of hydrogen-bond donors (Lipinski definition) is 0. The van der Waals surface area contributed by atoms with Crippen LogP contribution in [0.2, 0.25) is 22.2 Å². The molecule has 0 aromatic carbocycles. The predicted molar refractivity (Wildman–Crippen MR) is 117 cm³/mol. The standard InChI is InChI=1S/C21H42O4Si2/c1-10-11-19-14-21-20(23-19)12-13-22-26(15(2)3,16(4)5)25-27(24-21,17(6)7)18(8)9/h10,15-21H,1,11-14H2,2-9H3/t19-,20-,21+/m1/s1. The maximum atomic E-state index is 7.25. The molecule has 0 radical (unpaired) electrons. The monoisotopic (exact) mass is 414 g/mol. The Balaban J connectivity index is 2.45. The highest BCUT2D eigenvalue weighted by molar-refractivity contribution is 6.83. The van der Waals surface area contributed by atoms with Crippen LogP contribution in [-0.2, 0) is 17.7 Å². The second kappa shape index (κ2) is 9.22. The van der Waals surface area contributed by atoms with Crippen LogP contribution in [0.25, 0.3) is 0 Å². The third kappa shape index (κ3) is 4.61. The third-order valence-corrected chi connectivity index (χ3v) is 16.6. The molecule has 0 saturated carbocycles. The molecule has 2 rings (SSSR count). The van der Waals surface area contributed by atoms with Crippen LogP contribution in [0.15, 0.2) is 12.7 Å². The molecule has 0 spiro atoms. The van der Waals surface area contributed by atoms with Gasteiger partial charge in [-0.3, -0.25) is 0 Å². The van der Waals surface area contributed by atoms with Crippen molar-refractivity contribution in [2.24, 2.45) is 0 Å². The quantitative estimate of drug-likeness (QED) is 0.390. The van der Waals surface area contributed by atoms with Crippen molar-refractivity contribution in [1.82, 2.24) is 0 Å². The zero-order valence-electron chi connectivity index (χ0n) is 18.8. The normalized spacial score (nSPS) is 31.0. The zero-order chi connectivity index (χ0) is 20.4. The molecule has 2 saturated heterocycles. The fourth-order valence-corrected chi connectivity index (χ4v) is 16.0. The first-order valence-electron chi connectivity index (χ1n) is 10.9. The summed E-state index contributed by atoms with van der Waals surface area (Å²) in [6.45, 7) is 22.7. The van der Waals surface area contributed by atoms with Crippen LogP contribution in [0.4, 0.5) is 0 Å². The molecule has 158 valence electrons. The van der Waals surface area contributed by atoms with Gasteiger partial charge in [0.1, 0.15) is 0 Å². The van der Waals surface area contributed by atoms with Gasteiger partial charge in [-0.25, -0.2) is 0 Å². The van der Waals surface area contributed by atoms with Crippen molar-refractivity contribution in [3.05, 3.63) is 12.7 Å². The maximum absolute atomic E-state index is 7.25. The Morgan fingerprint density at radius 1 is 0.889 bits per heavy atom. The molecule has 0 amide bonds. The lowest BCUT2D eigenvalue weighted by Gasteiger charge is -2.48. The number of fused-ring (bicyclic) bond motifs is 1. The van der Waals surface area contributed by atoms with E-state index in [4.69, 9.17) is 17.7 Å². The zero-order valence-corrected chi connectivity index (χ0v) is 20.8. The van der Waals surface area contributed by atoms with E-state index in [0.29, 0.717) is 28.8 Å². The van der Waals surface area contributed by atoms with Crippen LogP contribution >= 0.6 is 0 Å². The van der Waals surface area contributed by atoms with Gasteiger partial charge in [0.25, 0.3) is 0 Å². The largest absolute Gasteiger partial charge is 0.414 e. The van der Waals surface area contributed by atoms with Crippen molar-refractivity contribution in [2.75, 3.05) is 6.61 Å². The van der Waals surface area contributed by atoms with Gasteiger partial charge >= 0.3 is 17.1 Å². The Labute approximate surface area is 169 Å². The van der Waals surface area contributed by atoms with Crippen molar-refractivity contribution in [1.29, 1.82) is 0 Å². The highest BCUT2D eigenvalue weighted by atomic mass is 28.5. The molecule has 0 unspecified atom stereocenters. The van der Waals surface area contributed by atoms with E-state index >= 15 is 0 Å². The second-order valence-corrected chi connectivity index (χ2v) is 18.4. The van der Waals surface area contributed by atoms with Gasteiger partial charge in [-0.05, 0) is 35.0 Å². The fraction of sp³-hybridized carbons (Fsp3) is 0.905. The van der Waals surface area contributed by atoms with Crippen molar-refractivity contribution in [2.45, 2.75) is 115 Å². The Kier molecular flexibility index (Phi) is 7.96. The molecule has 0 aliphatic carbocycles. The third-order valence-electron chi connectivity index (χ3n) is 6.31. The molecule has 0 bridgehead atoms. The summed E-state index contributed by atoms with van der Waals surface area (Å²) in [6, 6.07) is 0. The van der Waals surface area contributed by atoms with E-state index in [1.54, 1.807) is 0 Å². The van der Waals surface area contributed by atoms with Crippen molar-refractivity contribution >= 4 is 17.1 Å². The van der Waals surface area contributed by atoms with Gasteiger partial charge in [0.15, 0.2) is 0 Å². The summed E-state index contributed by atoms with van der Waals surface area (Å²) in [7, 11) is -4.95. The van der Waals surface area contributed by atoms with Crippen LogP contribution < -0.4 is 0 Å². The summed E-state index contributed by atoms with van der Waals surface area (Å²) in [5.74, 6) is 0. The van der Waals surface area contributed by atoms with E-state index in [9.17, 15) is 0 Å². The first-order chi connectivity index (χ1) is 12.6. The smallest absolute Gasteiger partial charge is 0.335 e. The molecule has 6 heteroatoms. The van der Waals surface area contributed by atoms with E-state index in [1.807, 2.05) is 6.08 Å². The van der Waals surface area contributed by atoms with Gasteiger partial charge in [-0.15, -0.1) is 6.58 Å². The Morgan fingerprint density at radius 2 is 1.44 bits per heavy atom. The second-order valence-electron chi connectivity index (χ2n) is 9.51. The molecule has 2 fully saturated rings. The fourth-order valence-electron chi connectivity index (χ4n) is 4.80. The lowest BCUT2D eigenvalue weighted by molar-refractivity contribution is 0.00228. The highest BCUT2D eigenvalue weighted by Crippen LogP contribution is 2.47. The topological polar surface area (TPSA) is 36.9 Å². The molecule has 0 N–H and O–H groups in total. The van der Waals surface area contributed by atoms with E-state index in [2.05, 4.69) is 62.0 Å². The van der Waals surface area contributed by atoms with Crippen LogP contribution in [0.1, 0.15) is 74.7 Å². The molecule has 4 nitrogen and oxygen atoms in total. The van der Waals surface area contributed by atoms with Gasteiger partial charge < -0.3 is 17.7 Å². The average Bonchev–Trinajstić information content (AvgIpc) is 2.95. The maximum Gasteiger partial charge on any atom is 0.335 e. The molecule has 0 aromatic heterocycles. The molecule has 2 heterocycles. The lowest BCUT2D eigenvalue weighted by Crippen LogP contribution is -2.61. The van der Waals surface area contributed by atoms with Crippen molar-refractivity contribution in [3.63, 3.8) is 0 Å². The summed E-state index contributed by atoms with van der Waals surface area (Å²) in [4.78, 5) is 0. The minimum Gasteiger partial charge on any atom is -0.414 e. The van der Waals surface area contributed by atoms with Gasteiger partial charge in [-0.2, -0.15) is 0 Å². The van der Waals surface area contributed by atoms with Crippen molar-refractivity contribution < 1.29 is 17.7 Å². The van der Waals surface area contributed by atoms with Gasteiger partial charge in [-0.1, -0.05) is 61.5 Å². The minimum absolute atomic E-state index is 0.104. The minimum atomic E-state index is -2.52. The number of ether oxygens (including phenoxy) is 1. The molecule has 0 aromatic rings. The van der Waals surface area contributed by atoms with E-state index in [-0.39, 0.29) is 18.3 Å². The lowest BCUT2D eigenvalue weighted by atomic mass is 10.1. The van der Waals surface area contributed by atoms with Crippen molar-refractivity contribution in [3.8, 4) is 0 Å². The summed E-state index contributed by atoms with van der Waals surface area (Å²) in [5, 5.41) is 0. The predicted octanol–water partition coefficient (Wildman–Crippen LogP) is 6.07. The summed E-state index contributed by atoms with van der Waals surface area (Å²) in [6.07, 6.45) is 5.08. The van der Waals surface area contributed by atoms with Crippen LogP contribution in [0.3, 0.4) is 0 Å². The molecule has 2 aliphatic rings. The summed E-state index contributed by atoms with van der Waals surface area (Å²) >= 11 is 0. The van der Waals surface area contributed by atoms with Gasteiger partial charge in [0.2, 0.25) is 0 Å². The molecule has 2 aliphatic heterocycles. The first-order valence-corrected chi connectivity index (χ1v) is 14.8. The number of hydrogen-bond acceptors (Lipinski definition) is 4.